The Bertz CT molecular complexity index is 213. The van der Waals surface area contributed by atoms with Crippen molar-refractivity contribution < 1.29 is 14.6 Å². The Balaban J connectivity index is 1.99. The molecule has 0 aromatic heterocycles. The molecule has 1 N–H and O–H groups in total. The van der Waals surface area contributed by atoms with Crippen LogP contribution >= 0.6 is 11.8 Å². The van der Waals surface area contributed by atoms with Crippen LogP contribution < -0.4 is 0 Å². The topological polar surface area (TPSA) is 46.5 Å². The van der Waals surface area contributed by atoms with Gasteiger partial charge in [-0.2, -0.15) is 11.8 Å². The highest BCUT2D eigenvalue weighted by Gasteiger charge is 2.42. The average Bonchev–Trinajstić information content (AvgIpc) is 2.65. The van der Waals surface area contributed by atoms with Crippen molar-refractivity contribution in [3.8, 4) is 0 Å². The van der Waals surface area contributed by atoms with Crippen LogP contribution in [0, 0.1) is 5.92 Å². The summed E-state index contributed by atoms with van der Waals surface area (Å²) in [6, 6.07) is 0. The molecule has 0 bridgehead atoms. The van der Waals surface area contributed by atoms with Gasteiger partial charge in [0.1, 0.15) is 12.4 Å². The molecule has 0 aliphatic carbocycles. The fourth-order valence-corrected chi connectivity index (χ4v) is 3.71. The fourth-order valence-electron chi connectivity index (χ4n) is 2.33. The first-order chi connectivity index (χ1) is 6.76. The highest BCUT2D eigenvalue weighted by atomic mass is 32.2. The van der Waals surface area contributed by atoms with Gasteiger partial charge in [0.2, 0.25) is 0 Å². The summed E-state index contributed by atoms with van der Waals surface area (Å²) < 4.78 is 5.80. The molecule has 80 valence electrons. The van der Waals surface area contributed by atoms with E-state index in [9.17, 15) is 9.90 Å². The Labute approximate surface area is 88.2 Å². The van der Waals surface area contributed by atoms with Crippen LogP contribution in [0.15, 0.2) is 0 Å². The summed E-state index contributed by atoms with van der Waals surface area (Å²) in [4.78, 5) is 10.5. The van der Waals surface area contributed by atoms with E-state index in [1.54, 1.807) is 0 Å². The highest BCUT2D eigenvalue weighted by molar-refractivity contribution is 7.99. The number of hydrogen-bond acceptors (Lipinski definition) is 4. The third-order valence-corrected chi connectivity index (χ3v) is 4.44. The van der Waals surface area contributed by atoms with E-state index in [-0.39, 0.29) is 11.5 Å². The van der Waals surface area contributed by atoms with Crippen LogP contribution in [-0.2, 0) is 9.53 Å². The Morgan fingerprint density at radius 2 is 2.50 bits per heavy atom. The van der Waals surface area contributed by atoms with Crippen LogP contribution in [0.25, 0.3) is 0 Å². The van der Waals surface area contributed by atoms with Crippen molar-refractivity contribution in [3.05, 3.63) is 0 Å². The van der Waals surface area contributed by atoms with Crippen molar-refractivity contribution in [2.24, 2.45) is 5.92 Å². The minimum absolute atomic E-state index is 0.0302. The van der Waals surface area contributed by atoms with Gasteiger partial charge in [-0.15, -0.1) is 0 Å². The second-order valence-corrected chi connectivity index (χ2v) is 5.32. The normalized spacial score (nSPS) is 39.9. The van der Waals surface area contributed by atoms with Crippen LogP contribution in [-0.4, -0.2) is 41.2 Å². The number of rotatable bonds is 2. The lowest BCUT2D eigenvalue weighted by atomic mass is 9.83. The SMILES string of the molecule is O=CC(O)C1CCOC2(CCSC2)C1. The van der Waals surface area contributed by atoms with E-state index < -0.39 is 6.10 Å². The Kier molecular flexibility index (Phi) is 3.14. The number of ether oxygens (including phenoxy) is 1. The molecule has 3 unspecified atom stereocenters. The van der Waals surface area contributed by atoms with Gasteiger partial charge in [-0.25, -0.2) is 0 Å². The quantitative estimate of drug-likeness (QED) is 0.695. The lowest BCUT2D eigenvalue weighted by Crippen LogP contribution is -2.43. The van der Waals surface area contributed by atoms with Crippen LogP contribution in [0.1, 0.15) is 19.3 Å². The van der Waals surface area contributed by atoms with Gasteiger partial charge in [-0.1, -0.05) is 0 Å². The summed E-state index contributed by atoms with van der Waals surface area (Å²) in [7, 11) is 0. The van der Waals surface area contributed by atoms with E-state index in [2.05, 4.69) is 0 Å². The van der Waals surface area contributed by atoms with Crippen LogP contribution in [0.2, 0.25) is 0 Å². The molecule has 3 atom stereocenters. The number of aldehydes is 1. The summed E-state index contributed by atoms with van der Waals surface area (Å²) in [6.45, 7) is 0.691. The van der Waals surface area contributed by atoms with Gasteiger partial charge in [0.25, 0.3) is 0 Å². The number of aliphatic hydroxyl groups excluding tert-OH is 1. The average molecular weight is 216 g/mol. The number of hydrogen-bond donors (Lipinski definition) is 1. The first-order valence-corrected chi connectivity index (χ1v) is 6.26. The third kappa shape index (κ3) is 1.97. The van der Waals surface area contributed by atoms with Crippen LogP contribution in [0.3, 0.4) is 0 Å². The summed E-state index contributed by atoms with van der Waals surface area (Å²) in [5, 5.41) is 9.50. The Morgan fingerprint density at radius 1 is 1.64 bits per heavy atom. The molecule has 0 aromatic carbocycles. The summed E-state index contributed by atoms with van der Waals surface area (Å²) in [6.07, 6.45) is 2.60. The molecule has 0 aromatic rings. The third-order valence-electron chi connectivity index (χ3n) is 3.22. The van der Waals surface area contributed by atoms with Crippen molar-refractivity contribution in [1.82, 2.24) is 0 Å². The lowest BCUT2D eigenvalue weighted by Gasteiger charge is -2.38. The summed E-state index contributed by atoms with van der Waals surface area (Å²) in [5.74, 6) is 2.28. The molecular formula is C10H16O3S. The Morgan fingerprint density at radius 3 is 3.14 bits per heavy atom. The maximum absolute atomic E-state index is 10.5. The van der Waals surface area contributed by atoms with Crippen LogP contribution in [0.5, 0.6) is 0 Å². The Hall–Kier alpha value is -0.0600. The van der Waals surface area contributed by atoms with E-state index in [0.717, 1.165) is 30.8 Å². The van der Waals surface area contributed by atoms with Gasteiger partial charge in [0.05, 0.1) is 5.60 Å². The zero-order chi connectivity index (χ0) is 10.0. The molecule has 2 aliphatic rings. The molecule has 14 heavy (non-hydrogen) atoms. The molecule has 2 heterocycles. The maximum atomic E-state index is 10.5. The molecule has 2 saturated heterocycles. The standard InChI is InChI=1S/C10H16O3S/c11-6-9(12)8-1-3-13-10(5-8)2-4-14-7-10/h6,8-9,12H,1-5,7H2. The molecule has 2 fully saturated rings. The molecular weight excluding hydrogens is 200 g/mol. The van der Waals surface area contributed by atoms with E-state index >= 15 is 0 Å². The minimum atomic E-state index is -0.790. The number of thioether (sulfide) groups is 1. The van der Waals surface area contributed by atoms with Crippen molar-refractivity contribution in [1.29, 1.82) is 0 Å². The van der Waals surface area contributed by atoms with Gasteiger partial charge < -0.3 is 14.6 Å². The van der Waals surface area contributed by atoms with E-state index in [1.165, 1.54) is 0 Å². The summed E-state index contributed by atoms with van der Waals surface area (Å²) in [5.41, 5.74) is -0.0302. The number of aliphatic hydroxyl groups is 1. The van der Waals surface area contributed by atoms with Crippen molar-refractivity contribution in [2.75, 3.05) is 18.1 Å². The molecule has 2 rings (SSSR count). The van der Waals surface area contributed by atoms with Crippen molar-refractivity contribution >= 4 is 18.0 Å². The zero-order valence-corrected chi connectivity index (χ0v) is 8.96. The van der Waals surface area contributed by atoms with Gasteiger partial charge in [-0.3, -0.25) is 0 Å². The minimum Gasteiger partial charge on any atom is -0.385 e. The van der Waals surface area contributed by atoms with E-state index in [0.29, 0.717) is 12.9 Å². The van der Waals surface area contributed by atoms with Crippen molar-refractivity contribution in [3.63, 3.8) is 0 Å². The molecule has 2 aliphatic heterocycles. The zero-order valence-electron chi connectivity index (χ0n) is 8.15. The lowest BCUT2D eigenvalue weighted by molar-refractivity contribution is -0.127. The maximum Gasteiger partial charge on any atom is 0.148 e. The largest absolute Gasteiger partial charge is 0.385 e. The predicted molar refractivity (Wildman–Crippen MR) is 55.4 cm³/mol. The molecule has 4 heteroatoms. The van der Waals surface area contributed by atoms with E-state index in [4.69, 9.17) is 4.74 Å². The fraction of sp³-hybridized carbons (Fsp3) is 0.900. The smallest absolute Gasteiger partial charge is 0.148 e. The first kappa shape index (κ1) is 10.5. The van der Waals surface area contributed by atoms with Crippen molar-refractivity contribution in [2.45, 2.75) is 31.0 Å². The molecule has 1 spiro atoms. The van der Waals surface area contributed by atoms with Crippen LogP contribution in [0.4, 0.5) is 0 Å². The molecule has 3 nitrogen and oxygen atoms in total. The summed E-state index contributed by atoms with van der Waals surface area (Å²) >= 11 is 1.91. The molecule has 0 radical (unpaired) electrons. The van der Waals surface area contributed by atoms with Gasteiger partial charge in [0, 0.05) is 12.4 Å². The monoisotopic (exact) mass is 216 g/mol. The van der Waals surface area contributed by atoms with Gasteiger partial charge in [-0.05, 0) is 30.9 Å². The highest BCUT2D eigenvalue weighted by Crippen LogP contribution is 2.40. The first-order valence-electron chi connectivity index (χ1n) is 5.11. The molecule has 0 saturated carbocycles. The second-order valence-electron chi connectivity index (χ2n) is 4.21. The number of carbonyl (C=O) groups excluding carboxylic acids is 1. The van der Waals surface area contributed by atoms with E-state index in [1.807, 2.05) is 11.8 Å². The number of carbonyl (C=O) groups is 1. The van der Waals surface area contributed by atoms with Gasteiger partial charge in [0.15, 0.2) is 0 Å². The predicted octanol–water partition coefficient (Wildman–Crippen LogP) is 0.848. The second kappa shape index (κ2) is 4.21. The molecule has 0 amide bonds. The van der Waals surface area contributed by atoms with Gasteiger partial charge >= 0.3 is 0 Å².